The number of hydrogen-bond donors (Lipinski definition) is 3. The van der Waals surface area contributed by atoms with Gasteiger partial charge in [0, 0.05) is 18.6 Å². The second kappa shape index (κ2) is 4.55. The normalized spacial score (nSPS) is 26.6. The van der Waals surface area contributed by atoms with E-state index in [1.54, 1.807) is 0 Å². The maximum Gasteiger partial charge on any atom is 0.0478 e. The molecule has 1 fully saturated rings. The number of hydrogen-bond acceptors (Lipinski definition) is 3. The second-order valence-corrected chi connectivity index (χ2v) is 3.74. The van der Waals surface area contributed by atoms with Gasteiger partial charge in [-0.1, -0.05) is 30.3 Å². The summed E-state index contributed by atoms with van der Waals surface area (Å²) in [4.78, 5) is 0. The molecule has 2 unspecified atom stereocenters. The van der Waals surface area contributed by atoms with Crippen LogP contribution in [-0.4, -0.2) is 19.6 Å². The van der Waals surface area contributed by atoms with Crippen LogP contribution in [0.1, 0.15) is 18.0 Å². The van der Waals surface area contributed by atoms with Crippen LogP contribution in [0.15, 0.2) is 30.3 Å². The van der Waals surface area contributed by atoms with Gasteiger partial charge in [0.25, 0.3) is 0 Å². The molecular weight excluding hydrogens is 174 g/mol. The minimum Gasteiger partial charge on any atom is -0.318 e. The van der Waals surface area contributed by atoms with Gasteiger partial charge in [0.05, 0.1) is 0 Å². The predicted octanol–water partition coefficient (Wildman–Crippen LogP) is 0.814. The molecule has 3 heteroatoms. The van der Waals surface area contributed by atoms with Gasteiger partial charge in [-0.3, -0.25) is 5.43 Å². The molecule has 2 atom stereocenters. The first-order valence-electron chi connectivity index (χ1n) is 5.11. The molecule has 0 spiro atoms. The van der Waals surface area contributed by atoms with Crippen molar-refractivity contribution in [2.24, 2.45) is 0 Å². The molecule has 76 valence electrons. The zero-order valence-electron chi connectivity index (χ0n) is 8.46. The van der Waals surface area contributed by atoms with Crippen molar-refractivity contribution >= 4 is 0 Å². The summed E-state index contributed by atoms with van der Waals surface area (Å²) in [6.07, 6.45) is 1.14. The summed E-state index contributed by atoms with van der Waals surface area (Å²) in [7, 11) is 1.98. The molecule has 0 aromatic heterocycles. The molecule has 14 heavy (non-hydrogen) atoms. The maximum absolute atomic E-state index is 3.32. The number of hydrazine groups is 1. The van der Waals surface area contributed by atoms with Crippen LogP contribution >= 0.6 is 0 Å². The molecular formula is C11H17N3. The standard InChI is InChI=1S/C11H17N3/c1-12-8-10-7-11(14-13-10)9-5-3-2-4-6-9/h2-6,10-14H,7-8H2,1H3. The summed E-state index contributed by atoms with van der Waals surface area (Å²) in [5.74, 6) is 0. The lowest BCUT2D eigenvalue weighted by atomic mass is 10.0. The molecule has 1 aromatic rings. The van der Waals surface area contributed by atoms with Crippen LogP contribution in [0.3, 0.4) is 0 Å². The molecule has 0 radical (unpaired) electrons. The van der Waals surface area contributed by atoms with Crippen LogP contribution < -0.4 is 16.2 Å². The zero-order valence-corrected chi connectivity index (χ0v) is 8.46. The van der Waals surface area contributed by atoms with Crippen molar-refractivity contribution in [1.29, 1.82) is 0 Å². The molecule has 2 rings (SSSR count). The van der Waals surface area contributed by atoms with E-state index in [4.69, 9.17) is 0 Å². The zero-order chi connectivity index (χ0) is 9.80. The van der Waals surface area contributed by atoms with Crippen LogP contribution in [0.5, 0.6) is 0 Å². The molecule has 1 saturated heterocycles. The summed E-state index contributed by atoms with van der Waals surface area (Å²) < 4.78 is 0. The summed E-state index contributed by atoms with van der Waals surface area (Å²) in [5.41, 5.74) is 7.97. The van der Waals surface area contributed by atoms with E-state index in [1.807, 2.05) is 7.05 Å². The molecule has 0 amide bonds. The molecule has 0 bridgehead atoms. The fourth-order valence-electron chi connectivity index (χ4n) is 1.91. The number of benzene rings is 1. The van der Waals surface area contributed by atoms with Crippen molar-refractivity contribution in [3.05, 3.63) is 35.9 Å². The third-order valence-electron chi connectivity index (χ3n) is 2.63. The van der Waals surface area contributed by atoms with Crippen molar-refractivity contribution in [2.45, 2.75) is 18.5 Å². The van der Waals surface area contributed by atoms with Gasteiger partial charge in [0.1, 0.15) is 0 Å². The Morgan fingerprint density at radius 3 is 2.79 bits per heavy atom. The number of rotatable bonds is 3. The Morgan fingerprint density at radius 1 is 1.29 bits per heavy atom. The van der Waals surface area contributed by atoms with Crippen LogP contribution in [0.2, 0.25) is 0 Å². The second-order valence-electron chi connectivity index (χ2n) is 3.74. The first-order valence-corrected chi connectivity index (χ1v) is 5.11. The molecule has 1 heterocycles. The molecule has 0 aliphatic carbocycles. The Morgan fingerprint density at radius 2 is 2.07 bits per heavy atom. The topological polar surface area (TPSA) is 36.1 Å². The Bertz CT molecular complexity index is 273. The van der Waals surface area contributed by atoms with Gasteiger partial charge >= 0.3 is 0 Å². The van der Waals surface area contributed by atoms with E-state index >= 15 is 0 Å². The molecule has 3 N–H and O–H groups in total. The third kappa shape index (κ3) is 2.12. The van der Waals surface area contributed by atoms with Gasteiger partial charge in [-0.05, 0) is 19.0 Å². The largest absolute Gasteiger partial charge is 0.318 e. The fraction of sp³-hybridized carbons (Fsp3) is 0.455. The molecule has 1 aliphatic rings. The van der Waals surface area contributed by atoms with Gasteiger partial charge in [-0.2, -0.15) is 0 Å². The van der Waals surface area contributed by atoms with Crippen molar-refractivity contribution in [3.63, 3.8) is 0 Å². The highest BCUT2D eigenvalue weighted by Gasteiger charge is 2.23. The smallest absolute Gasteiger partial charge is 0.0478 e. The van der Waals surface area contributed by atoms with Crippen molar-refractivity contribution < 1.29 is 0 Å². The van der Waals surface area contributed by atoms with E-state index in [0.29, 0.717) is 12.1 Å². The minimum absolute atomic E-state index is 0.453. The average Bonchev–Trinajstić information content (AvgIpc) is 2.68. The van der Waals surface area contributed by atoms with E-state index in [0.717, 1.165) is 13.0 Å². The Labute approximate surface area is 84.9 Å². The van der Waals surface area contributed by atoms with Crippen LogP contribution in [0.25, 0.3) is 0 Å². The van der Waals surface area contributed by atoms with E-state index in [1.165, 1.54) is 5.56 Å². The summed E-state index contributed by atoms with van der Waals surface area (Å²) in [6.45, 7) is 1.01. The summed E-state index contributed by atoms with van der Waals surface area (Å²) >= 11 is 0. The van der Waals surface area contributed by atoms with Gasteiger partial charge in [-0.15, -0.1) is 0 Å². The van der Waals surface area contributed by atoms with Crippen LogP contribution in [0.4, 0.5) is 0 Å². The number of likely N-dealkylation sites (N-methyl/N-ethyl adjacent to an activating group) is 1. The lowest BCUT2D eigenvalue weighted by Gasteiger charge is -2.08. The summed E-state index contributed by atoms with van der Waals surface area (Å²) in [6, 6.07) is 11.5. The molecule has 3 nitrogen and oxygen atoms in total. The van der Waals surface area contributed by atoms with E-state index in [9.17, 15) is 0 Å². The van der Waals surface area contributed by atoms with Crippen molar-refractivity contribution in [1.82, 2.24) is 16.2 Å². The Balaban J connectivity index is 1.96. The first-order chi connectivity index (χ1) is 6.90. The molecule has 0 saturated carbocycles. The van der Waals surface area contributed by atoms with Gasteiger partial charge < -0.3 is 5.32 Å². The monoisotopic (exact) mass is 191 g/mol. The maximum atomic E-state index is 3.32. The fourth-order valence-corrected chi connectivity index (χ4v) is 1.91. The summed E-state index contributed by atoms with van der Waals surface area (Å²) in [5, 5.41) is 3.18. The van der Waals surface area contributed by atoms with E-state index in [-0.39, 0.29) is 0 Å². The SMILES string of the molecule is CNCC1CC(c2ccccc2)NN1. The Kier molecular flexibility index (Phi) is 3.14. The van der Waals surface area contributed by atoms with Gasteiger partial charge in [0.15, 0.2) is 0 Å². The average molecular weight is 191 g/mol. The first kappa shape index (κ1) is 9.65. The predicted molar refractivity (Wildman–Crippen MR) is 57.8 cm³/mol. The Hall–Kier alpha value is -0.900. The lowest BCUT2D eigenvalue weighted by Crippen LogP contribution is -2.36. The number of nitrogens with one attached hydrogen (secondary N) is 3. The van der Waals surface area contributed by atoms with E-state index < -0.39 is 0 Å². The van der Waals surface area contributed by atoms with Crippen molar-refractivity contribution in [2.75, 3.05) is 13.6 Å². The molecule has 1 aromatic carbocycles. The van der Waals surface area contributed by atoms with Gasteiger partial charge in [0.2, 0.25) is 0 Å². The highest BCUT2D eigenvalue weighted by molar-refractivity contribution is 5.19. The quantitative estimate of drug-likeness (QED) is 0.662. The van der Waals surface area contributed by atoms with Crippen LogP contribution in [-0.2, 0) is 0 Å². The van der Waals surface area contributed by atoms with Crippen molar-refractivity contribution in [3.8, 4) is 0 Å². The third-order valence-corrected chi connectivity index (χ3v) is 2.63. The van der Waals surface area contributed by atoms with Crippen LogP contribution in [0, 0.1) is 0 Å². The highest BCUT2D eigenvalue weighted by atomic mass is 15.4. The minimum atomic E-state index is 0.453. The van der Waals surface area contributed by atoms with E-state index in [2.05, 4.69) is 46.5 Å². The molecule has 1 aliphatic heterocycles. The lowest BCUT2D eigenvalue weighted by molar-refractivity contribution is 0.524. The highest BCUT2D eigenvalue weighted by Crippen LogP contribution is 2.21. The van der Waals surface area contributed by atoms with Gasteiger partial charge in [-0.25, -0.2) is 5.43 Å².